The molecular weight excluding hydrogens is 254 g/mol. The number of Topliss-reactive ketones (excluding diaryl/α,β-unsaturated/α-hetero) is 1. The summed E-state index contributed by atoms with van der Waals surface area (Å²) in [7, 11) is 0. The molecule has 0 spiro atoms. The number of nitrogens with one attached hydrogen (secondary N) is 1. The summed E-state index contributed by atoms with van der Waals surface area (Å²) in [5.41, 5.74) is 0.922. The minimum Gasteiger partial charge on any atom is -0.445 e. The van der Waals surface area contributed by atoms with Crippen LogP contribution in [0.2, 0.25) is 0 Å². The Labute approximate surface area is 120 Å². The summed E-state index contributed by atoms with van der Waals surface area (Å²) < 4.78 is 5.03. The highest BCUT2D eigenvalue weighted by molar-refractivity contribution is 5.84. The normalized spacial score (nSPS) is 10.3. The molecule has 0 aromatic heterocycles. The van der Waals surface area contributed by atoms with Gasteiger partial charge in [0, 0.05) is 6.42 Å². The number of hydrogen-bond acceptors (Lipinski definition) is 3. The molecule has 0 heterocycles. The van der Waals surface area contributed by atoms with Crippen LogP contribution in [0.25, 0.3) is 0 Å². The van der Waals surface area contributed by atoms with E-state index < -0.39 is 6.09 Å². The molecule has 1 amide bonds. The molecule has 0 bridgehead atoms. The highest BCUT2D eigenvalue weighted by atomic mass is 16.5. The quantitative estimate of drug-likeness (QED) is 0.793. The van der Waals surface area contributed by atoms with Crippen LogP contribution < -0.4 is 5.32 Å². The number of carbonyl (C=O) groups excluding carboxylic acids is 2. The summed E-state index contributed by atoms with van der Waals surface area (Å²) in [5, 5.41) is 2.50. The van der Waals surface area contributed by atoms with Crippen molar-refractivity contribution in [1.29, 1.82) is 0 Å². The largest absolute Gasteiger partial charge is 0.445 e. The lowest BCUT2D eigenvalue weighted by Gasteiger charge is -2.11. The topological polar surface area (TPSA) is 55.4 Å². The van der Waals surface area contributed by atoms with E-state index in [1.54, 1.807) is 0 Å². The van der Waals surface area contributed by atoms with E-state index >= 15 is 0 Å². The van der Waals surface area contributed by atoms with E-state index in [4.69, 9.17) is 4.74 Å². The fourth-order valence-corrected chi connectivity index (χ4v) is 1.92. The Morgan fingerprint density at radius 3 is 2.40 bits per heavy atom. The minimum atomic E-state index is -0.549. The van der Waals surface area contributed by atoms with Crippen molar-refractivity contribution in [2.24, 2.45) is 5.92 Å². The van der Waals surface area contributed by atoms with E-state index in [-0.39, 0.29) is 18.9 Å². The van der Waals surface area contributed by atoms with Gasteiger partial charge in [-0.2, -0.15) is 0 Å². The molecule has 0 fully saturated rings. The first-order valence-electron chi connectivity index (χ1n) is 7.11. The molecule has 4 nitrogen and oxygen atoms in total. The predicted molar refractivity (Wildman–Crippen MR) is 78.3 cm³/mol. The van der Waals surface area contributed by atoms with Crippen LogP contribution in [0.5, 0.6) is 0 Å². The van der Waals surface area contributed by atoms with Gasteiger partial charge in [-0.15, -0.1) is 0 Å². The molecule has 1 aromatic rings. The van der Waals surface area contributed by atoms with Crippen molar-refractivity contribution in [2.45, 2.75) is 39.7 Å². The molecular formula is C16H23NO3. The third-order valence-corrected chi connectivity index (χ3v) is 3.31. The Kier molecular flexibility index (Phi) is 7.40. The number of carbonyl (C=O) groups is 2. The highest BCUT2D eigenvalue weighted by Crippen LogP contribution is 2.12. The van der Waals surface area contributed by atoms with E-state index in [1.165, 1.54) is 0 Å². The zero-order chi connectivity index (χ0) is 14.8. The van der Waals surface area contributed by atoms with Crippen LogP contribution in [0, 0.1) is 5.92 Å². The molecule has 0 unspecified atom stereocenters. The van der Waals surface area contributed by atoms with Crippen molar-refractivity contribution in [2.75, 3.05) is 6.54 Å². The summed E-state index contributed by atoms with van der Waals surface area (Å²) in [6.45, 7) is 4.41. The highest BCUT2D eigenvalue weighted by Gasteiger charge is 2.11. The average molecular weight is 277 g/mol. The van der Waals surface area contributed by atoms with E-state index in [0.717, 1.165) is 18.4 Å². The molecule has 0 aliphatic carbocycles. The Balaban J connectivity index is 2.21. The molecule has 0 aliphatic heterocycles. The van der Waals surface area contributed by atoms with Crippen molar-refractivity contribution in [3.63, 3.8) is 0 Å². The zero-order valence-electron chi connectivity index (χ0n) is 12.2. The van der Waals surface area contributed by atoms with E-state index in [0.29, 0.717) is 12.3 Å². The van der Waals surface area contributed by atoms with E-state index in [2.05, 4.69) is 19.2 Å². The monoisotopic (exact) mass is 277 g/mol. The first-order chi connectivity index (χ1) is 9.65. The molecule has 0 saturated carbocycles. The van der Waals surface area contributed by atoms with E-state index in [1.807, 2.05) is 30.3 Å². The van der Waals surface area contributed by atoms with Gasteiger partial charge in [0.25, 0.3) is 0 Å². The molecule has 1 rings (SSSR count). The maximum atomic E-state index is 11.7. The Morgan fingerprint density at radius 2 is 1.80 bits per heavy atom. The van der Waals surface area contributed by atoms with Gasteiger partial charge in [-0.05, 0) is 11.5 Å². The third-order valence-electron chi connectivity index (χ3n) is 3.31. The maximum Gasteiger partial charge on any atom is 0.407 e. The van der Waals surface area contributed by atoms with Crippen LogP contribution in [-0.2, 0) is 16.1 Å². The fraction of sp³-hybridized carbons (Fsp3) is 0.500. The average Bonchev–Trinajstić information content (AvgIpc) is 2.49. The molecule has 1 N–H and O–H groups in total. The number of hydrogen-bond donors (Lipinski definition) is 1. The van der Waals surface area contributed by atoms with Gasteiger partial charge >= 0.3 is 6.09 Å². The summed E-state index contributed by atoms with van der Waals surface area (Å²) in [6.07, 6.45) is 1.94. The molecule has 0 aliphatic rings. The predicted octanol–water partition coefficient (Wildman–Crippen LogP) is 3.31. The molecule has 0 atom stereocenters. The summed E-state index contributed by atoms with van der Waals surface area (Å²) >= 11 is 0. The first-order valence-corrected chi connectivity index (χ1v) is 7.11. The van der Waals surface area contributed by atoms with Crippen LogP contribution in [0.3, 0.4) is 0 Å². The second-order valence-corrected chi connectivity index (χ2v) is 4.84. The van der Waals surface area contributed by atoms with Crippen LogP contribution in [0.1, 0.15) is 38.7 Å². The fourth-order valence-electron chi connectivity index (χ4n) is 1.92. The van der Waals surface area contributed by atoms with Gasteiger partial charge in [0.15, 0.2) is 5.78 Å². The Hall–Kier alpha value is -1.84. The summed E-state index contributed by atoms with van der Waals surface area (Å²) in [6, 6.07) is 9.43. The molecule has 0 radical (unpaired) electrons. The molecule has 20 heavy (non-hydrogen) atoms. The van der Waals surface area contributed by atoms with Crippen molar-refractivity contribution >= 4 is 11.9 Å². The number of ketones is 1. The van der Waals surface area contributed by atoms with Gasteiger partial charge in [-0.3, -0.25) is 4.79 Å². The van der Waals surface area contributed by atoms with Crippen LogP contribution in [0.15, 0.2) is 30.3 Å². The Morgan fingerprint density at radius 1 is 1.15 bits per heavy atom. The standard InChI is InChI=1S/C16H23NO3/c1-3-13(4-2)10-15(18)11-17-16(19)20-12-14-8-6-5-7-9-14/h5-9,13H,3-4,10-12H2,1-2H3,(H,17,19). The third kappa shape index (κ3) is 6.36. The lowest BCUT2D eigenvalue weighted by Crippen LogP contribution is -2.30. The van der Waals surface area contributed by atoms with E-state index in [9.17, 15) is 9.59 Å². The van der Waals surface area contributed by atoms with Crippen molar-refractivity contribution < 1.29 is 14.3 Å². The lowest BCUT2D eigenvalue weighted by atomic mass is 9.97. The van der Waals surface area contributed by atoms with Gasteiger partial charge in [0.1, 0.15) is 6.61 Å². The minimum absolute atomic E-state index is 0.0458. The number of benzene rings is 1. The number of ether oxygens (including phenoxy) is 1. The van der Waals surface area contributed by atoms with Gasteiger partial charge in [-0.25, -0.2) is 4.79 Å². The zero-order valence-corrected chi connectivity index (χ0v) is 12.2. The van der Waals surface area contributed by atoms with Gasteiger partial charge in [-0.1, -0.05) is 57.0 Å². The smallest absolute Gasteiger partial charge is 0.407 e. The lowest BCUT2D eigenvalue weighted by molar-refractivity contribution is -0.119. The van der Waals surface area contributed by atoms with Crippen molar-refractivity contribution in [3.8, 4) is 0 Å². The first kappa shape index (κ1) is 16.2. The second-order valence-electron chi connectivity index (χ2n) is 4.84. The molecule has 0 saturated heterocycles. The molecule has 110 valence electrons. The maximum absolute atomic E-state index is 11.7. The summed E-state index contributed by atoms with van der Waals surface area (Å²) in [4.78, 5) is 23.1. The number of rotatable bonds is 8. The van der Waals surface area contributed by atoms with Crippen molar-refractivity contribution in [3.05, 3.63) is 35.9 Å². The van der Waals surface area contributed by atoms with Gasteiger partial charge in [0.2, 0.25) is 0 Å². The van der Waals surface area contributed by atoms with Gasteiger partial charge in [0.05, 0.1) is 6.54 Å². The SMILES string of the molecule is CCC(CC)CC(=O)CNC(=O)OCc1ccccc1. The molecule has 1 aromatic carbocycles. The Bertz CT molecular complexity index is 413. The van der Waals surface area contributed by atoms with Crippen LogP contribution in [-0.4, -0.2) is 18.4 Å². The number of amides is 1. The van der Waals surface area contributed by atoms with Gasteiger partial charge < -0.3 is 10.1 Å². The second kappa shape index (κ2) is 9.13. The van der Waals surface area contributed by atoms with Crippen molar-refractivity contribution in [1.82, 2.24) is 5.32 Å². The molecule has 4 heteroatoms. The van der Waals surface area contributed by atoms with Crippen LogP contribution >= 0.6 is 0 Å². The summed E-state index contributed by atoms with van der Waals surface area (Å²) in [5.74, 6) is 0.458. The van der Waals surface area contributed by atoms with Crippen LogP contribution in [0.4, 0.5) is 4.79 Å². The number of alkyl carbamates (subject to hydrolysis) is 1.